The number of nitrogens with one attached hydrogen (secondary N) is 1. The average Bonchev–Trinajstić information content (AvgIpc) is 2.35. The zero-order valence-corrected chi connectivity index (χ0v) is 11.5. The fourth-order valence-corrected chi connectivity index (χ4v) is 1.53. The van der Waals surface area contributed by atoms with Crippen molar-refractivity contribution in [3.63, 3.8) is 0 Å². The van der Waals surface area contributed by atoms with E-state index in [4.69, 9.17) is 4.74 Å². The Bertz CT molecular complexity index is 407. The Labute approximate surface area is 108 Å². The SMILES string of the molecule is CCOC(=O)C(C)CNc1cc(CC)nc(C)n1. The molecule has 0 aliphatic carbocycles. The number of hydrogen-bond acceptors (Lipinski definition) is 5. The molecule has 1 atom stereocenters. The number of anilines is 1. The third kappa shape index (κ3) is 4.31. The van der Waals surface area contributed by atoms with E-state index in [-0.39, 0.29) is 11.9 Å². The molecule has 5 heteroatoms. The smallest absolute Gasteiger partial charge is 0.310 e. The highest BCUT2D eigenvalue weighted by molar-refractivity contribution is 5.72. The summed E-state index contributed by atoms with van der Waals surface area (Å²) in [4.78, 5) is 20.0. The highest BCUT2D eigenvalue weighted by Crippen LogP contribution is 2.08. The molecule has 0 aliphatic rings. The van der Waals surface area contributed by atoms with Gasteiger partial charge in [0.25, 0.3) is 0 Å². The van der Waals surface area contributed by atoms with Gasteiger partial charge in [-0.15, -0.1) is 0 Å². The summed E-state index contributed by atoms with van der Waals surface area (Å²) in [6.45, 7) is 8.47. The Morgan fingerprint density at radius 1 is 1.44 bits per heavy atom. The van der Waals surface area contributed by atoms with Crippen LogP contribution in [-0.4, -0.2) is 29.1 Å². The van der Waals surface area contributed by atoms with Crippen LogP contribution in [0.3, 0.4) is 0 Å². The first-order valence-electron chi connectivity index (χ1n) is 6.31. The van der Waals surface area contributed by atoms with Gasteiger partial charge in [-0.3, -0.25) is 4.79 Å². The summed E-state index contributed by atoms with van der Waals surface area (Å²) in [5.74, 6) is 1.12. The van der Waals surface area contributed by atoms with Crippen molar-refractivity contribution in [2.75, 3.05) is 18.5 Å². The Balaban J connectivity index is 2.57. The molecule has 100 valence electrons. The lowest BCUT2D eigenvalue weighted by atomic mass is 10.2. The van der Waals surface area contributed by atoms with Crippen LogP contribution < -0.4 is 5.32 Å². The lowest BCUT2D eigenvalue weighted by Gasteiger charge is -2.12. The summed E-state index contributed by atoms with van der Waals surface area (Å²) in [6.07, 6.45) is 0.867. The Morgan fingerprint density at radius 2 is 2.17 bits per heavy atom. The van der Waals surface area contributed by atoms with Crippen LogP contribution in [0.15, 0.2) is 6.07 Å². The molecule has 0 radical (unpaired) electrons. The van der Waals surface area contributed by atoms with Crippen molar-refractivity contribution in [1.82, 2.24) is 9.97 Å². The molecule has 0 saturated carbocycles. The summed E-state index contributed by atoms with van der Waals surface area (Å²) < 4.78 is 4.95. The molecule has 1 aromatic heterocycles. The van der Waals surface area contributed by atoms with E-state index in [1.807, 2.05) is 26.8 Å². The molecular formula is C13H21N3O2. The van der Waals surface area contributed by atoms with Gasteiger partial charge in [0.05, 0.1) is 12.5 Å². The van der Waals surface area contributed by atoms with Gasteiger partial charge in [0.15, 0.2) is 0 Å². The fraction of sp³-hybridized carbons (Fsp3) is 0.615. The van der Waals surface area contributed by atoms with E-state index in [0.29, 0.717) is 13.2 Å². The van der Waals surface area contributed by atoms with Crippen LogP contribution in [0.4, 0.5) is 5.82 Å². The minimum absolute atomic E-state index is 0.188. The standard InChI is InChI=1S/C13H21N3O2/c1-5-11-7-12(16-10(4)15-11)14-8-9(3)13(17)18-6-2/h7,9H,5-6,8H2,1-4H3,(H,14,15,16). The lowest BCUT2D eigenvalue weighted by Crippen LogP contribution is -2.23. The lowest BCUT2D eigenvalue weighted by molar-refractivity contribution is -0.146. The minimum atomic E-state index is -0.190. The van der Waals surface area contributed by atoms with Gasteiger partial charge in [0, 0.05) is 18.3 Å². The first-order chi connectivity index (χ1) is 8.56. The number of carbonyl (C=O) groups is 1. The van der Waals surface area contributed by atoms with Crippen molar-refractivity contribution < 1.29 is 9.53 Å². The predicted molar refractivity (Wildman–Crippen MR) is 70.4 cm³/mol. The number of rotatable bonds is 6. The van der Waals surface area contributed by atoms with Crippen LogP contribution >= 0.6 is 0 Å². The van der Waals surface area contributed by atoms with Crippen LogP contribution in [-0.2, 0) is 16.0 Å². The van der Waals surface area contributed by atoms with Gasteiger partial charge in [-0.25, -0.2) is 9.97 Å². The Kier molecular flexibility index (Phi) is 5.55. The number of esters is 1. The third-order valence-electron chi connectivity index (χ3n) is 2.53. The molecule has 0 spiro atoms. The molecule has 1 unspecified atom stereocenters. The number of carbonyl (C=O) groups excluding carboxylic acids is 1. The first-order valence-corrected chi connectivity index (χ1v) is 6.31. The van der Waals surface area contributed by atoms with Gasteiger partial charge in [-0.05, 0) is 20.3 Å². The summed E-state index contributed by atoms with van der Waals surface area (Å²) in [6, 6.07) is 1.91. The van der Waals surface area contributed by atoms with Crippen molar-refractivity contribution in [2.24, 2.45) is 5.92 Å². The fourth-order valence-electron chi connectivity index (χ4n) is 1.53. The molecule has 18 heavy (non-hydrogen) atoms. The Morgan fingerprint density at radius 3 is 2.78 bits per heavy atom. The molecule has 1 heterocycles. The second-order valence-corrected chi connectivity index (χ2v) is 4.18. The monoisotopic (exact) mass is 251 g/mol. The van der Waals surface area contributed by atoms with Crippen LogP contribution in [0.1, 0.15) is 32.3 Å². The van der Waals surface area contributed by atoms with Gasteiger partial charge in [0.1, 0.15) is 11.6 Å². The molecule has 1 rings (SSSR count). The number of nitrogens with zero attached hydrogens (tertiary/aromatic N) is 2. The predicted octanol–water partition coefficient (Wildman–Crippen LogP) is 1.96. The maximum absolute atomic E-state index is 11.5. The van der Waals surface area contributed by atoms with E-state index in [1.165, 1.54) is 0 Å². The topological polar surface area (TPSA) is 64.1 Å². The maximum Gasteiger partial charge on any atom is 0.310 e. The molecule has 1 aromatic rings. The molecule has 0 fully saturated rings. The zero-order valence-electron chi connectivity index (χ0n) is 11.5. The minimum Gasteiger partial charge on any atom is -0.466 e. The molecule has 0 amide bonds. The van der Waals surface area contributed by atoms with Crippen molar-refractivity contribution in [3.8, 4) is 0 Å². The molecular weight excluding hydrogens is 230 g/mol. The number of aryl methyl sites for hydroxylation is 2. The van der Waals surface area contributed by atoms with E-state index >= 15 is 0 Å². The van der Waals surface area contributed by atoms with E-state index in [0.717, 1.165) is 23.8 Å². The number of ether oxygens (including phenoxy) is 1. The first kappa shape index (κ1) is 14.4. The van der Waals surface area contributed by atoms with Crippen molar-refractivity contribution >= 4 is 11.8 Å². The summed E-state index contributed by atoms with van der Waals surface area (Å²) >= 11 is 0. The summed E-state index contributed by atoms with van der Waals surface area (Å²) in [5.41, 5.74) is 0.994. The van der Waals surface area contributed by atoms with Gasteiger partial charge in [-0.1, -0.05) is 13.8 Å². The summed E-state index contributed by atoms with van der Waals surface area (Å²) in [5, 5.41) is 3.15. The van der Waals surface area contributed by atoms with Gasteiger partial charge >= 0.3 is 5.97 Å². The van der Waals surface area contributed by atoms with E-state index < -0.39 is 0 Å². The van der Waals surface area contributed by atoms with Crippen LogP contribution in [0.2, 0.25) is 0 Å². The highest BCUT2D eigenvalue weighted by Gasteiger charge is 2.13. The Hall–Kier alpha value is -1.65. The third-order valence-corrected chi connectivity index (χ3v) is 2.53. The number of hydrogen-bond donors (Lipinski definition) is 1. The van der Waals surface area contributed by atoms with E-state index in [2.05, 4.69) is 15.3 Å². The maximum atomic E-state index is 11.5. The van der Waals surface area contributed by atoms with Crippen LogP contribution in [0.5, 0.6) is 0 Å². The molecule has 0 aromatic carbocycles. The van der Waals surface area contributed by atoms with Crippen LogP contribution in [0, 0.1) is 12.8 Å². The molecule has 5 nitrogen and oxygen atoms in total. The second-order valence-electron chi connectivity index (χ2n) is 4.18. The van der Waals surface area contributed by atoms with E-state index in [9.17, 15) is 4.79 Å². The molecule has 0 bridgehead atoms. The molecule has 1 N–H and O–H groups in total. The highest BCUT2D eigenvalue weighted by atomic mass is 16.5. The van der Waals surface area contributed by atoms with E-state index in [1.54, 1.807) is 6.92 Å². The van der Waals surface area contributed by atoms with Gasteiger partial charge < -0.3 is 10.1 Å². The van der Waals surface area contributed by atoms with Crippen molar-refractivity contribution in [2.45, 2.75) is 34.1 Å². The largest absolute Gasteiger partial charge is 0.466 e. The normalized spacial score (nSPS) is 12.0. The zero-order chi connectivity index (χ0) is 13.5. The average molecular weight is 251 g/mol. The van der Waals surface area contributed by atoms with Crippen molar-refractivity contribution in [1.29, 1.82) is 0 Å². The summed E-state index contributed by atoms with van der Waals surface area (Å²) in [7, 11) is 0. The van der Waals surface area contributed by atoms with Crippen molar-refractivity contribution in [3.05, 3.63) is 17.6 Å². The molecule has 0 aliphatic heterocycles. The molecule has 0 saturated heterocycles. The van der Waals surface area contributed by atoms with Gasteiger partial charge in [-0.2, -0.15) is 0 Å². The second kappa shape index (κ2) is 6.93. The quantitative estimate of drug-likeness (QED) is 0.783. The van der Waals surface area contributed by atoms with Crippen LogP contribution in [0.25, 0.3) is 0 Å². The number of aromatic nitrogens is 2. The van der Waals surface area contributed by atoms with Gasteiger partial charge in [0.2, 0.25) is 0 Å².